The van der Waals surface area contributed by atoms with E-state index in [1.54, 1.807) is 0 Å². The molecule has 0 radical (unpaired) electrons. The first kappa shape index (κ1) is 11.5. The molecule has 0 fully saturated rings. The fraction of sp³-hybridized carbons (Fsp3) is 0.385. The van der Waals surface area contributed by atoms with E-state index in [0.717, 1.165) is 28.3 Å². The van der Waals surface area contributed by atoms with Gasteiger partial charge in [-0.05, 0) is 45.0 Å². The molecule has 0 atom stereocenters. The molecule has 0 aliphatic heterocycles. The Labute approximate surface area is 101 Å². The summed E-state index contributed by atoms with van der Waals surface area (Å²) in [5, 5.41) is 5.18. The van der Waals surface area contributed by atoms with Crippen molar-refractivity contribution >= 4 is 22.6 Å². The van der Waals surface area contributed by atoms with Crippen LogP contribution in [-0.4, -0.2) is 5.54 Å². The summed E-state index contributed by atoms with van der Waals surface area (Å²) in [5.74, 6) is 0.937. The van der Waals surface area contributed by atoms with Crippen LogP contribution in [0.2, 0.25) is 5.02 Å². The lowest BCUT2D eigenvalue weighted by Crippen LogP contribution is -2.34. The van der Waals surface area contributed by atoms with E-state index in [2.05, 4.69) is 26.1 Å². The Morgan fingerprint density at radius 2 is 2.00 bits per heavy atom. The van der Waals surface area contributed by atoms with Gasteiger partial charge in [-0.25, -0.2) is 0 Å². The van der Waals surface area contributed by atoms with Crippen molar-refractivity contribution in [2.75, 3.05) is 0 Å². The molecule has 0 bridgehead atoms. The van der Waals surface area contributed by atoms with Crippen molar-refractivity contribution < 1.29 is 4.42 Å². The van der Waals surface area contributed by atoms with Crippen molar-refractivity contribution in [3.8, 4) is 0 Å². The molecule has 0 unspecified atom stereocenters. The molecule has 1 heterocycles. The Morgan fingerprint density at radius 1 is 1.25 bits per heavy atom. The number of furan rings is 1. The molecule has 1 aromatic heterocycles. The third kappa shape index (κ3) is 2.77. The molecule has 3 heteroatoms. The monoisotopic (exact) mass is 237 g/mol. The molecule has 0 spiro atoms. The number of halogens is 1. The van der Waals surface area contributed by atoms with E-state index >= 15 is 0 Å². The standard InChI is InChI=1S/C13H16ClNO/c1-13(2,3)15-8-11-7-9-6-10(14)4-5-12(9)16-11/h4-7,15H,8H2,1-3H3. The molecule has 86 valence electrons. The van der Waals surface area contributed by atoms with E-state index in [4.69, 9.17) is 16.0 Å². The topological polar surface area (TPSA) is 25.2 Å². The minimum atomic E-state index is 0.0939. The van der Waals surface area contributed by atoms with Crippen molar-refractivity contribution in [3.05, 3.63) is 35.0 Å². The fourth-order valence-electron chi connectivity index (χ4n) is 1.51. The number of benzene rings is 1. The third-order valence-electron chi connectivity index (χ3n) is 2.32. The maximum Gasteiger partial charge on any atom is 0.134 e. The van der Waals surface area contributed by atoms with E-state index in [9.17, 15) is 0 Å². The fourth-order valence-corrected chi connectivity index (χ4v) is 1.69. The van der Waals surface area contributed by atoms with Gasteiger partial charge in [-0.2, -0.15) is 0 Å². The van der Waals surface area contributed by atoms with E-state index < -0.39 is 0 Å². The predicted molar refractivity (Wildman–Crippen MR) is 67.8 cm³/mol. The van der Waals surface area contributed by atoms with Crippen LogP contribution in [0.1, 0.15) is 26.5 Å². The molecule has 1 aromatic carbocycles. The predicted octanol–water partition coefficient (Wildman–Crippen LogP) is 3.97. The number of nitrogens with one attached hydrogen (secondary N) is 1. The van der Waals surface area contributed by atoms with Crippen molar-refractivity contribution in [1.29, 1.82) is 0 Å². The highest BCUT2D eigenvalue weighted by Gasteiger charge is 2.10. The third-order valence-corrected chi connectivity index (χ3v) is 2.56. The summed E-state index contributed by atoms with van der Waals surface area (Å²) in [6.45, 7) is 7.13. The lowest BCUT2D eigenvalue weighted by atomic mass is 10.1. The van der Waals surface area contributed by atoms with Gasteiger partial charge in [0.2, 0.25) is 0 Å². The summed E-state index contributed by atoms with van der Waals surface area (Å²) in [6.07, 6.45) is 0. The van der Waals surface area contributed by atoms with Gasteiger partial charge in [0.1, 0.15) is 11.3 Å². The number of hydrogen-bond donors (Lipinski definition) is 1. The smallest absolute Gasteiger partial charge is 0.134 e. The highest BCUT2D eigenvalue weighted by atomic mass is 35.5. The summed E-state index contributed by atoms with van der Waals surface area (Å²) in [5.41, 5.74) is 0.978. The van der Waals surface area contributed by atoms with Crippen LogP contribution < -0.4 is 5.32 Å². The summed E-state index contributed by atoms with van der Waals surface area (Å²) in [4.78, 5) is 0. The Kier molecular flexibility index (Phi) is 2.96. The molecule has 16 heavy (non-hydrogen) atoms. The zero-order valence-corrected chi connectivity index (χ0v) is 10.6. The van der Waals surface area contributed by atoms with Gasteiger partial charge in [-0.15, -0.1) is 0 Å². The molecule has 1 N–H and O–H groups in total. The van der Waals surface area contributed by atoms with E-state index in [1.807, 2.05) is 24.3 Å². The maximum atomic E-state index is 5.92. The molecular weight excluding hydrogens is 222 g/mol. The van der Waals surface area contributed by atoms with Gasteiger partial charge in [0.25, 0.3) is 0 Å². The van der Waals surface area contributed by atoms with Gasteiger partial charge >= 0.3 is 0 Å². The number of rotatable bonds is 2. The molecule has 2 nitrogen and oxygen atoms in total. The Bertz CT molecular complexity index is 496. The van der Waals surface area contributed by atoms with Crippen LogP contribution in [0, 0.1) is 0 Å². The van der Waals surface area contributed by atoms with E-state index in [0.29, 0.717) is 0 Å². The molecule has 2 rings (SSSR count). The summed E-state index contributed by atoms with van der Waals surface area (Å²) in [6, 6.07) is 7.69. The molecule has 0 saturated heterocycles. The van der Waals surface area contributed by atoms with Crippen LogP contribution in [-0.2, 0) is 6.54 Å². The van der Waals surface area contributed by atoms with Crippen molar-refractivity contribution in [3.63, 3.8) is 0 Å². The number of fused-ring (bicyclic) bond motifs is 1. The van der Waals surface area contributed by atoms with Gasteiger partial charge in [0.15, 0.2) is 0 Å². The number of hydrogen-bond acceptors (Lipinski definition) is 2. The lowest BCUT2D eigenvalue weighted by molar-refractivity contribution is 0.395. The van der Waals surface area contributed by atoms with Crippen molar-refractivity contribution in [2.45, 2.75) is 32.9 Å². The average molecular weight is 238 g/mol. The molecule has 0 saturated carbocycles. The Hall–Kier alpha value is -0.990. The molecule has 0 amide bonds. The largest absolute Gasteiger partial charge is 0.460 e. The zero-order valence-electron chi connectivity index (χ0n) is 9.80. The van der Waals surface area contributed by atoms with Gasteiger partial charge in [-0.3, -0.25) is 0 Å². The minimum absolute atomic E-state index is 0.0939. The van der Waals surface area contributed by atoms with E-state index in [1.165, 1.54) is 0 Å². The first-order chi connectivity index (χ1) is 7.44. The first-order valence-corrected chi connectivity index (χ1v) is 5.75. The minimum Gasteiger partial charge on any atom is -0.460 e. The molecule has 0 aliphatic rings. The van der Waals surface area contributed by atoms with E-state index in [-0.39, 0.29) is 5.54 Å². The molecule has 0 aliphatic carbocycles. The second-order valence-corrected chi connectivity index (χ2v) is 5.43. The van der Waals surface area contributed by atoms with Crippen molar-refractivity contribution in [1.82, 2.24) is 5.32 Å². The SMILES string of the molecule is CC(C)(C)NCc1cc2cc(Cl)ccc2o1. The first-order valence-electron chi connectivity index (χ1n) is 5.37. The Balaban J connectivity index is 2.20. The lowest BCUT2D eigenvalue weighted by Gasteiger charge is -2.19. The van der Waals surface area contributed by atoms with Gasteiger partial charge in [0, 0.05) is 15.9 Å². The normalized spacial score (nSPS) is 12.2. The van der Waals surface area contributed by atoms with Crippen LogP contribution in [0.5, 0.6) is 0 Å². The maximum absolute atomic E-state index is 5.92. The Morgan fingerprint density at radius 3 is 2.69 bits per heavy atom. The van der Waals surface area contributed by atoms with Gasteiger partial charge in [-0.1, -0.05) is 11.6 Å². The van der Waals surface area contributed by atoms with Gasteiger partial charge < -0.3 is 9.73 Å². The quantitative estimate of drug-likeness (QED) is 0.855. The van der Waals surface area contributed by atoms with Crippen LogP contribution in [0.3, 0.4) is 0 Å². The van der Waals surface area contributed by atoms with Crippen LogP contribution in [0.15, 0.2) is 28.7 Å². The van der Waals surface area contributed by atoms with Crippen LogP contribution in [0.25, 0.3) is 11.0 Å². The summed E-state index contributed by atoms with van der Waals surface area (Å²) < 4.78 is 5.70. The zero-order chi connectivity index (χ0) is 11.8. The second kappa shape index (κ2) is 4.11. The van der Waals surface area contributed by atoms with Crippen LogP contribution >= 0.6 is 11.6 Å². The molecule has 2 aromatic rings. The summed E-state index contributed by atoms with van der Waals surface area (Å²) >= 11 is 5.92. The average Bonchev–Trinajstić information content (AvgIpc) is 2.55. The second-order valence-electron chi connectivity index (χ2n) is 5.00. The highest BCUT2D eigenvalue weighted by molar-refractivity contribution is 6.31. The van der Waals surface area contributed by atoms with Gasteiger partial charge in [0.05, 0.1) is 6.54 Å². The van der Waals surface area contributed by atoms with Crippen LogP contribution in [0.4, 0.5) is 0 Å². The van der Waals surface area contributed by atoms with Crippen molar-refractivity contribution in [2.24, 2.45) is 0 Å². The highest BCUT2D eigenvalue weighted by Crippen LogP contribution is 2.23. The molecular formula is C13H16ClNO. The summed E-state index contributed by atoms with van der Waals surface area (Å²) in [7, 11) is 0.